The van der Waals surface area contributed by atoms with Gasteiger partial charge in [-0.05, 0) is 61.2 Å². The van der Waals surface area contributed by atoms with Gasteiger partial charge in [0.05, 0.1) is 45.4 Å². The van der Waals surface area contributed by atoms with Crippen LogP contribution in [0.3, 0.4) is 0 Å². The first-order chi connectivity index (χ1) is 28.8. The van der Waals surface area contributed by atoms with E-state index >= 15 is 0 Å². The molecule has 3 atom stereocenters. The molecular formula is C44H50N8O7S. The fraction of sp³-hybridized carbons (Fsp3) is 0.409. The molecule has 2 aliphatic heterocycles. The number of hydrogen-bond donors (Lipinski definition) is 4. The van der Waals surface area contributed by atoms with Crippen LogP contribution in [0.1, 0.15) is 57.1 Å². The Morgan fingerprint density at radius 3 is 2.58 bits per heavy atom. The summed E-state index contributed by atoms with van der Waals surface area (Å²) in [4.78, 5) is 40.3. The maximum absolute atomic E-state index is 14.2. The predicted molar refractivity (Wildman–Crippen MR) is 226 cm³/mol. The van der Waals surface area contributed by atoms with Gasteiger partial charge in [0.2, 0.25) is 11.8 Å². The quantitative estimate of drug-likeness (QED) is 0.0961. The van der Waals surface area contributed by atoms with Crippen LogP contribution >= 0.6 is 11.3 Å². The molecule has 6 heterocycles. The lowest BCUT2D eigenvalue weighted by Crippen LogP contribution is -2.52. The Bertz CT molecular complexity index is 2460. The molecule has 16 heteroatoms. The third kappa shape index (κ3) is 8.58. The molecule has 0 bridgehead atoms. The van der Waals surface area contributed by atoms with Gasteiger partial charge in [-0.15, -0.1) is 21.5 Å². The first kappa shape index (κ1) is 40.9. The maximum Gasteiger partial charge on any atom is 0.254 e. The zero-order valence-corrected chi connectivity index (χ0v) is 35.1. The molecule has 60 heavy (non-hydrogen) atoms. The average molecular weight is 835 g/mol. The van der Waals surface area contributed by atoms with Gasteiger partial charge in [-0.2, -0.15) is 0 Å². The molecule has 314 valence electrons. The molecule has 15 nitrogen and oxygen atoms in total. The molecular weight excluding hydrogens is 785 g/mol. The van der Waals surface area contributed by atoms with E-state index in [9.17, 15) is 19.8 Å². The number of para-hydroxylation sites is 1. The number of nitrogens with one attached hydrogen (secondary N) is 2. The number of phenolic OH excluding ortho intramolecular Hbond substituents is 1. The van der Waals surface area contributed by atoms with Crippen molar-refractivity contribution in [3.63, 3.8) is 0 Å². The van der Waals surface area contributed by atoms with E-state index in [1.807, 2.05) is 76.5 Å². The van der Waals surface area contributed by atoms with Crippen molar-refractivity contribution in [2.75, 3.05) is 39.4 Å². The number of aromatic amines is 1. The minimum Gasteiger partial charge on any atom is -0.507 e. The molecule has 4 aromatic heterocycles. The number of thiazole rings is 1. The van der Waals surface area contributed by atoms with Gasteiger partial charge in [-0.1, -0.05) is 50.2 Å². The first-order valence-electron chi connectivity index (χ1n) is 20.2. The molecule has 2 amide bonds. The number of H-pyrrole nitrogens is 1. The molecule has 0 saturated carbocycles. The van der Waals surface area contributed by atoms with Gasteiger partial charge in [-0.3, -0.25) is 14.5 Å². The lowest BCUT2D eigenvalue weighted by atomic mass is 9.91. The Hall–Kier alpha value is -5.84. The van der Waals surface area contributed by atoms with Gasteiger partial charge in [0.25, 0.3) is 5.88 Å². The Morgan fingerprint density at radius 1 is 1.07 bits per heavy atom. The van der Waals surface area contributed by atoms with Crippen LogP contribution in [0, 0.1) is 18.8 Å². The molecule has 0 radical (unpaired) electrons. The lowest BCUT2D eigenvalue weighted by Gasteiger charge is -2.38. The SMILES string of the molecule is Cc1ncsc1-c1ccc(C(C)(C)NC(=O)[C@@H]2C[C@@H](O)CN2C(=O)[C@@H](c2cc(OCCN3CC(COc4c[nH]c5nnc(-c6ccccc6O)cc45)C3)no2)C(C)C)cc1. The zero-order chi connectivity index (χ0) is 42.1. The summed E-state index contributed by atoms with van der Waals surface area (Å²) in [6, 6.07) is 17.7. The Labute approximate surface area is 351 Å². The van der Waals surface area contributed by atoms with E-state index in [1.165, 1.54) is 4.90 Å². The molecule has 2 saturated heterocycles. The van der Waals surface area contributed by atoms with Crippen LogP contribution in [-0.4, -0.2) is 109 Å². The highest BCUT2D eigenvalue weighted by Gasteiger charge is 2.44. The number of fused-ring (bicyclic) bond motifs is 1. The van der Waals surface area contributed by atoms with E-state index in [1.54, 1.807) is 41.8 Å². The van der Waals surface area contributed by atoms with Crippen LogP contribution in [0.25, 0.3) is 32.7 Å². The number of aromatic nitrogens is 5. The second kappa shape index (κ2) is 17.0. The van der Waals surface area contributed by atoms with E-state index in [0.29, 0.717) is 54.1 Å². The number of aryl methyl sites for hydroxylation is 1. The van der Waals surface area contributed by atoms with E-state index in [2.05, 4.69) is 35.5 Å². The Morgan fingerprint density at radius 2 is 1.85 bits per heavy atom. The van der Waals surface area contributed by atoms with Crippen LogP contribution in [0.2, 0.25) is 0 Å². The van der Waals surface area contributed by atoms with Crippen molar-refractivity contribution in [2.24, 2.45) is 11.8 Å². The third-order valence-electron chi connectivity index (χ3n) is 11.4. The summed E-state index contributed by atoms with van der Waals surface area (Å²) < 4.78 is 17.8. The van der Waals surface area contributed by atoms with E-state index in [0.717, 1.165) is 40.2 Å². The topological polar surface area (TPSA) is 192 Å². The van der Waals surface area contributed by atoms with Crippen LogP contribution in [0.5, 0.6) is 17.4 Å². The fourth-order valence-corrected chi connectivity index (χ4v) is 8.89. The van der Waals surface area contributed by atoms with Crippen molar-refractivity contribution in [2.45, 2.75) is 64.6 Å². The number of ether oxygens (including phenoxy) is 2. The number of carbonyl (C=O) groups is 2. The highest BCUT2D eigenvalue weighted by molar-refractivity contribution is 7.13. The van der Waals surface area contributed by atoms with Crippen LogP contribution in [-0.2, 0) is 15.1 Å². The summed E-state index contributed by atoms with van der Waals surface area (Å²) in [5.41, 5.74) is 5.81. The number of aliphatic hydroxyl groups is 1. The average Bonchev–Trinajstić information content (AvgIpc) is 4.03. The number of benzene rings is 2. The number of carbonyl (C=O) groups excluding carboxylic acids is 2. The normalized spacial score (nSPS) is 17.9. The number of β-amino-alcohol motifs (C(OH)–C–C–N with tert-alkyl or cyclic N) is 1. The van der Waals surface area contributed by atoms with Crippen molar-refractivity contribution in [1.29, 1.82) is 0 Å². The van der Waals surface area contributed by atoms with Crippen molar-refractivity contribution >= 4 is 34.2 Å². The third-order valence-corrected chi connectivity index (χ3v) is 12.4. The number of likely N-dealkylation sites (tertiary alicyclic amines) is 2. The molecule has 0 spiro atoms. The Balaban J connectivity index is 0.820. The van der Waals surface area contributed by atoms with Gasteiger partial charge in [0.1, 0.15) is 30.1 Å². The fourth-order valence-electron chi connectivity index (χ4n) is 8.08. The number of amides is 2. The van der Waals surface area contributed by atoms with Crippen LogP contribution in [0.4, 0.5) is 0 Å². The van der Waals surface area contributed by atoms with E-state index < -0.39 is 23.6 Å². The first-order valence-corrected chi connectivity index (χ1v) is 21.1. The highest BCUT2D eigenvalue weighted by atomic mass is 32.1. The summed E-state index contributed by atoms with van der Waals surface area (Å²) in [6.07, 6.45) is 1.08. The number of aliphatic hydroxyl groups excluding tert-OH is 1. The summed E-state index contributed by atoms with van der Waals surface area (Å²) in [5, 5.41) is 37.5. The molecule has 8 rings (SSSR count). The standard InChI is InChI=1S/C44H50N8O7S/c1-25(2)39(43(56)52-22-30(53)16-34(52)42(55)47-44(4,5)29-12-10-28(11-13-29)40-26(3)46-24-60-40)36-18-38(50-59-36)57-15-14-51-20-27(21-51)23-58-37-19-45-41-32(37)17-33(48-49-41)31-8-6-7-9-35(31)54/h6-13,17-19,24-25,27,30,34,39,53-54H,14-16,20-23H2,1-5H3,(H,45,49)(H,47,55)/t30-,34+,39-/m1/s1. The highest BCUT2D eigenvalue weighted by Crippen LogP contribution is 2.35. The van der Waals surface area contributed by atoms with Crippen molar-refractivity contribution in [3.05, 3.63) is 89.4 Å². The zero-order valence-electron chi connectivity index (χ0n) is 34.3. The molecule has 2 aliphatic rings. The van der Waals surface area contributed by atoms with Gasteiger partial charge >= 0.3 is 0 Å². The monoisotopic (exact) mass is 834 g/mol. The van der Waals surface area contributed by atoms with Gasteiger partial charge in [0.15, 0.2) is 11.4 Å². The lowest BCUT2D eigenvalue weighted by molar-refractivity contribution is -0.141. The number of rotatable bonds is 15. The largest absolute Gasteiger partial charge is 0.507 e. The summed E-state index contributed by atoms with van der Waals surface area (Å²) in [7, 11) is 0. The second-order valence-electron chi connectivity index (χ2n) is 16.6. The van der Waals surface area contributed by atoms with Crippen molar-refractivity contribution in [3.8, 4) is 39.1 Å². The van der Waals surface area contributed by atoms with Crippen molar-refractivity contribution < 1.29 is 33.8 Å². The molecule has 2 aromatic carbocycles. The molecule has 0 aliphatic carbocycles. The number of nitrogens with zero attached hydrogens (tertiary/aromatic N) is 6. The minimum atomic E-state index is -0.851. The second-order valence-corrected chi connectivity index (χ2v) is 17.4. The van der Waals surface area contributed by atoms with E-state index in [4.69, 9.17) is 14.0 Å². The smallest absolute Gasteiger partial charge is 0.254 e. The number of aromatic hydroxyl groups is 1. The molecule has 4 N–H and O–H groups in total. The summed E-state index contributed by atoms with van der Waals surface area (Å²) in [5.74, 6) is 0.228. The predicted octanol–water partition coefficient (Wildman–Crippen LogP) is 5.89. The van der Waals surface area contributed by atoms with Crippen LogP contribution in [0.15, 0.2) is 76.9 Å². The molecule has 0 unspecified atom stereocenters. The maximum atomic E-state index is 14.2. The van der Waals surface area contributed by atoms with Gasteiger partial charge < -0.3 is 39.4 Å². The molecule has 6 aromatic rings. The van der Waals surface area contributed by atoms with E-state index in [-0.39, 0.29) is 42.3 Å². The molecule has 2 fully saturated rings. The van der Waals surface area contributed by atoms with Gasteiger partial charge in [0, 0.05) is 56.3 Å². The minimum absolute atomic E-state index is 0.0415. The summed E-state index contributed by atoms with van der Waals surface area (Å²) in [6.45, 7) is 13.0. The summed E-state index contributed by atoms with van der Waals surface area (Å²) >= 11 is 1.59. The van der Waals surface area contributed by atoms with Crippen molar-refractivity contribution in [1.82, 2.24) is 40.4 Å². The Kier molecular flexibility index (Phi) is 11.6. The number of hydrogen-bond acceptors (Lipinski definition) is 13. The number of phenols is 1. The van der Waals surface area contributed by atoms with Crippen LogP contribution < -0.4 is 14.8 Å². The van der Waals surface area contributed by atoms with Gasteiger partial charge in [-0.25, -0.2) is 4.98 Å².